The van der Waals surface area contributed by atoms with Crippen molar-refractivity contribution in [1.82, 2.24) is 5.32 Å². The summed E-state index contributed by atoms with van der Waals surface area (Å²) in [5.41, 5.74) is 0. The van der Waals surface area contributed by atoms with Crippen LogP contribution in [-0.2, 0) is 0 Å². The van der Waals surface area contributed by atoms with Crippen LogP contribution in [0.3, 0.4) is 0 Å². The molecule has 1 aliphatic carbocycles. The van der Waals surface area contributed by atoms with Crippen LogP contribution in [0.1, 0.15) is 32.6 Å². The Hall–Kier alpha value is -0.740. The van der Waals surface area contributed by atoms with Gasteiger partial charge in [0.15, 0.2) is 0 Å². The van der Waals surface area contributed by atoms with Crippen molar-refractivity contribution >= 4 is 0 Å². The summed E-state index contributed by atoms with van der Waals surface area (Å²) in [4.78, 5) is 0. The van der Waals surface area contributed by atoms with Gasteiger partial charge < -0.3 is 5.32 Å². The zero-order valence-corrected chi connectivity index (χ0v) is 7.72. The summed E-state index contributed by atoms with van der Waals surface area (Å²) < 4.78 is 0. The van der Waals surface area contributed by atoms with Gasteiger partial charge in [0.1, 0.15) is 0 Å². The SMILES string of the molecule is C#CC(CC)NC1CC=CCC1. The van der Waals surface area contributed by atoms with Crippen molar-refractivity contribution in [3.05, 3.63) is 12.2 Å². The lowest BCUT2D eigenvalue weighted by Crippen LogP contribution is -2.37. The monoisotopic (exact) mass is 163 g/mol. The molecular formula is C11H17N. The van der Waals surface area contributed by atoms with E-state index in [1.807, 2.05) is 0 Å². The Morgan fingerprint density at radius 2 is 2.50 bits per heavy atom. The van der Waals surface area contributed by atoms with Gasteiger partial charge in [-0.25, -0.2) is 0 Å². The van der Waals surface area contributed by atoms with E-state index in [0.29, 0.717) is 6.04 Å². The number of hydrogen-bond donors (Lipinski definition) is 1. The molecule has 0 aromatic rings. The molecule has 2 unspecified atom stereocenters. The molecule has 0 radical (unpaired) electrons. The second kappa shape index (κ2) is 5.00. The zero-order chi connectivity index (χ0) is 8.81. The molecule has 1 rings (SSSR count). The number of nitrogens with one attached hydrogen (secondary N) is 1. The first-order valence-corrected chi connectivity index (χ1v) is 4.74. The summed E-state index contributed by atoms with van der Waals surface area (Å²) in [6, 6.07) is 0.873. The molecule has 1 aliphatic rings. The highest BCUT2D eigenvalue weighted by Crippen LogP contribution is 2.11. The van der Waals surface area contributed by atoms with Crippen LogP contribution in [0, 0.1) is 12.3 Å². The molecule has 1 N–H and O–H groups in total. The molecule has 1 heteroatoms. The molecule has 0 amide bonds. The minimum absolute atomic E-state index is 0.265. The van der Waals surface area contributed by atoms with Crippen LogP contribution >= 0.6 is 0 Å². The number of terminal acetylenes is 1. The van der Waals surface area contributed by atoms with E-state index < -0.39 is 0 Å². The topological polar surface area (TPSA) is 12.0 Å². The van der Waals surface area contributed by atoms with Crippen molar-refractivity contribution in [2.75, 3.05) is 0 Å². The fraction of sp³-hybridized carbons (Fsp3) is 0.636. The maximum absolute atomic E-state index is 5.37. The Bertz CT molecular complexity index is 188. The Kier molecular flexibility index (Phi) is 3.90. The molecule has 0 spiro atoms. The van der Waals surface area contributed by atoms with Crippen LogP contribution in [0.4, 0.5) is 0 Å². The van der Waals surface area contributed by atoms with Crippen molar-refractivity contribution in [3.63, 3.8) is 0 Å². The van der Waals surface area contributed by atoms with Crippen molar-refractivity contribution < 1.29 is 0 Å². The maximum atomic E-state index is 5.37. The fourth-order valence-electron chi connectivity index (χ4n) is 1.51. The van der Waals surface area contributed by atoms with Crippen LogP contribution < -0.4 is 5.32 Å². The standard InChI is InChI=1S/C11H17N/c1-3-10(4-2)12-11-8-6-5-7-9-11/h1,5-6,10-12H,4,7-9H2,2H3. The lowest BCUT2D eigenvalue weighted by Gasteiger charge is -2.22. The summed E-state index contributed by atoms with van der Waals surface area (Å²) >= 11 is 0. The average molecular weight is 163 g/mol. The van der Waals surface area contributed by atoms with Crippen molar-refractivity contribution in [2.45, 2.75) is 44.7 Å². The maximum Gasteiger partial charge on any atom is 0.0686 e. The van der Waals surface area contributed by atoms with E-state index in [9.17, 15) is 0 Å². The first-order valence-electron chi connectivity index (χ1n) is 4.74. The van der Waals surface area contributed by atoms with Gasteiger partial charge >= 0.3 is 0 Å². The van der Waals surface area contributed by atoms with Crippen LogP contribution in [0.5, 0.6) is 0 Å². The van der Waals surface area contributed by atoms with Gasteiger partial charge in [-0.15, -0.1) is 6.42 Å². The molecule has 0 aromatic heterocycles. The van der Waals surface area contributed by atoms with E-state index in [1.165, 1.54) is 12.8 Å². The van der Waals surface area contributed by atoms with E-state index in [1.54, 1.807) is 0 Å². The second-order valence-corrected chi connectivity index (χ2v) is 3.28. The fourth-order valence-corrected chi connectivity index (χ4v) is 1.51. The molecule has 66 valence electrons. The minimum Gasteiger partial charge on any atom is -0.301 e. The predicted molar refractivity (Wildman–Crippen MR) is 52.8 cm³/mol. The van der Waals surface area contributed by atoms with Crippen LogP contribution in [0.15, 0.2) is 12.2 Å². The van der Waals surface area contributed by atoms with Gasteiger partial charge in [-0.3, -0.25) is 0 Å². The van der Waals surface area contributed by atoms with E-state index in [2.05, 4.69) is 30.3 Å². The second-order valence-electron chi connectivity index (χ2n) is 3.28. The molecule has 0 saturated carbocycles. The Balaban J connectivity index is 2.30. The van der Waals surface area contributed by atoms with E-state index in [0.717, 1.165) is 12.8 Å². The third kappa shape index (κ3) is 2.71. The average Bonchev–Trinajstić information content (AvgIpc) is 2.16. The van der Waals surface area contributed by atoms with Gasteiger partial charge in [0.25, 0.3) is 0 Å². The zero-order valence-electron chi connectivity index (χ0n) is 7.72. The van der Waals surface area contributed by atoms with Crippen LogP contribution in [0.25, 0.3) is 0 Å². The van der Waals surface area contributed by atoms with Gasteiger partial charge in [-0.05, 0) is 25.7 Å². The summed E-state index contributed by atoms with van der Waals surface area (Å²) in [6.07, 6.45) is 14.4. The predicted octanol–water partition coefficient (Wildman–Crippen LogP) is 2.10. The van der Waals surface area contributed by atoms with Gasteiger partial charge in [0.05, 0.1) is 6.04 Å². The largest absolute Gasteiger partial charge is 0.301 e. The molecule has 0 heterocycles. The summed E-state index contributed by atoms with van der Waals surface area (Å²) in [5, 5.41) is 3.47. The molecule has 0 aliphatic heterocycles. The molecule has 12 heavy (non-hydrogen) atoms. The normalized spacial score (nSPS) is 24.8. The number of hydrogen-bond acceptors (Lipinski definition) is 1. The van der Waals surface area contributed by atoms with Gasteiger partial charge in [-0.1, -0.05) is 25.0 Å². The molecular weight excluding hydrogens is 146 g/mol. The third-order valence-electron chi connectivity index (χ3n) is 2.32. The highest BCUT2D eigenvalue weighted by molar-refractivity contribution is 5.01. The van der Waals surface area contributed by atoms with Gasteiger partial charge in [-0.2, -0.15) is 0 Å². The quantitative estimate of drug-likeness (QED) is 0.496. The highest BCUT2D eigenvalue weighted by Gasteiger charge is 2.12. The lowest BCUT2D eigenvalue weighted by molar-refractivity contribution is 0.439. The third-order valence-corrected chi connectivity index (χ3v) is 2.32. The minimum atomic E-state index is 0.265. The molecule has 1 nitrogen and oxygen atoms in total. The Morgan fingerprint density at radius 1 is 1.67 bits per heavy atom. The van der Waals surface area contributed by atoms with E-state index >= 15 is 0 Å². The highest BCUT2D eigenvalue weighted by atomic mass is 14.9. The first-order chi connectivity index (χ1) is 5.86. The molecule has 0 fully saturated rings. The van der Waals surface area contributed by atoms with Crippen molar-refractivity contribution in [1.29, 1.82) is 0 Å². The van der Waals surface area contributed by atoms with Crippen molar-refractivity contribution in [2.24, 2.45) is 0 Å². The van der Waals surface area contributed by atoms with E-state index in [4.69, 9.17) is 6.42 Å². The summed E-state index contributed by atoms with van der Waals surface area (Å²) in [5.74, 6) is 2.76. The summed E-state index contributed by atoms with van der Waals surface area (Å²) in [6.45, 7) is 2.12. The molecule has 0 bridgehead atoms. The molecule has 2 atom stereocenters. The lowest BCUT2D eigenvalue weighted by atomic mass is 10.0. The summed E-state index contributed by atoms with van der Waals surface area (Å²) in [7, 11) is 0. The Morgan fingerprint density at radius 3 is 3.00 bits per heavy atom. The van der Waals surface area contributed by atoms with Gasteiger partial charge in [0.2, 0.25) is 0 Å². The van der Waals surface area contributed by atoms with Crippen LogP contribution in [0.2, 0.25) is 0 Å². The van der Waals surface area contributed by atoms with E-state index in [-0.39, 0.29) is 6.04 Å². The van der Waals surface area contributed by atoms with Crippen molar-refractivity contribution in [3.8, 4) is 12.3 Å². The first kappa shape index (κ1) is 9.35. The molecule has 0 saturated heterocycles. The number of allylic oxidation sites excluding steroid dienone is 1. The smallest absolute Gasteiger partial charge is 0.0686 e. The van der Waals surface area contributed by atoms with Crippen LogP contribution in [-0.4, -0.2) is 12.1 Å². The van der Waals surface area contributed by atoms with Gasteiger partial charge in [0, 0.05) is 6.04 Å². The molecule has 0 aromatic carbocycles. The number of rotatable bonds is 3. The Labute approximate surface area is 75.2 Å².